The lowest BCUT2D eigenvalue weighted by Crippen LogP contribution is -2.03. The molecule has 102 valence electrons. The summed E-state index contributed by atoms with van der Waals surface area (Å²) in [6.07, 6.45) is 2.52. The molecule has 0 spiro atoms. The van der Waals surface area contributed by atoms with Crippen molar-refractivity contribution in [3.63, 3.8) is 0 Å². The van der Waals surface area contributed by atoms with Gasteiger partial charge in [0.15, 0.2) is 5.78 Å². The molecule has 0 unspecified atom stereocenters. The molecule has 0 aromatic heterocycles. The van der Waals surface area contributed by atoms with E-state index in [1.807, 2.05) is 25.1 Å². The number of benzene rings is 2. The number of ketones is 1. The molecule has 0 N–H and O–H groups in total. The molecule has 0 heterocycles. The van der Waals surface area contributed by atoms with Crippen LogP contribution < -0.4 is 4.74 Å². The Hall–Kier alpha value is -1.80. The van der Waals surface area contributed by atoms with E-state index in [0.29, 0.717) is 22.3 Å². The minimum atomic E-state index is -0.0729. The number of carbonyl (C=O) groups is 1. The molecule has 0 atom stereocenters. The third kappa shape index (κ3) is 2.86. The zero-order chi connectivity index (χ0) is 14.1. The van der Waals surface area contributed by atoms with Crippen LogP contribution in [0, 0.1) is 6.92 Å². The SMILES string of the molecule is Cc1ccc(C(=O)c2cccc(OC3CC3)c2)c(Cl)c1. The van der Waals surface area contributed by atoms with Gasteiger partial charge in [0.2, 0.25) is 0 Å². The van der Waals surface area contributed by atoms with Gasteiger partial charge in [0.25, 0.3) is 0 Å². The fraction of sp³-hybridized carbons (Fsp3) is 0.235. The van der Waals surface area contributed by atoms with E-state index in [0.717, 1.165) is 24.2 Å². The van der Waals surface area contributed by atoms with Crippen molar-refractivity contribution in [3.8, 4) is 5.75 Å². The molecule has 1 aliphatic carbocycles. The molecule has 0 radical (unpaired) electrons. The van der Waals surface area contributed by atoms with Crippen LogP contribution in [0.5, 0.6) is 5.75 Å². The molecule has 1 aliphatic rings. The molecule has 3 heteroatoms. The van der Waals surface area contributed by atoms with E-state index in [-0.39, 0.29) is 5.78 Å². The Labute approximate surface area is 123 Å². The van der Waals surface area contributed by atoms with Crippen LogP contribution in [0.4, 0.5) is 0 Å². The first-order valence-electron chi connectivity index (χ1n) is 6.71. The van der Waals surface area contributed by atoms with Crippen molar-refractivity contribution < 1.29 is 9.53 Å². The molecule has 20 heavy (non-hydrogen) atoms. The Kier molecular flexibility index (Phi) is 3.49. The lowest BCUT2D eigenvalue weighted by atomic mass is 10.0. The molecule has 2 aromatic rings. The quantitative estimate of drug-likeness (QED) is 0.778. The second-order valence-electron chi connectivity index (χ2n) is 5.16. The van der Waals surface area contributed by atoms with Gasteiger partial charge in [-0.2, -0.15) is 0 Å². The van der Waals surface area contributed by atoms with E-state index in [9.17, 15) is 4.79 Å². The van der Waals surface area contributed by atoms with Crippen LogP contribution >= 0.6 is 11.6 Å². The van der Waals surface area contributed by atoms with Gasteiger partial charge in [0.05, 0.1) is 11.1 Å². The van der Waals surface area contributed by atoms with Crippen molar-refractivity contribution in [2.75, 3.05) is 0 Å². The Balaban J connectivity index is 1.89. The maximum absolute atomic E-state index is 12.5. The molecule has 0 saturated heterocycles. The standard InChI is InChI=1S/C17H15ClO2/c1-11-5-8-15(16(18)9-11)17(19)12-3-2-4-14(10-12)20-13-6-7-13/h2-5,8-10,13H,6-7H2,1H3. The second kappa shape index (κ2) is 5.29. The number of rotatable bonds is 4. The third-order valence-corrected chi connectivity index (χ3v) is 3.61. The summed E-state index contributed by atoms with van der Waals surface area (Å²) in [6.45, 7) is 1.95. The van der Waals surface area contributed by atoms with Crippen LogP contribution in [0.2, 0.25) is 5.02 Å². The molecule has 0 amide bonds. The number of halogens is 1. The van der Waals surface area contributed by atoms with Crippen molar-refractivity contribution in [1.82, 2.24) is 0 Å². The highest BCUT2D eigenvalue weighted by Crippen LogP contribution is 2.28. The summed E-state index contributed by atoms with van der Waals surface area (Å²) in [6, 6.07) is 12.8. The van der Waals surface area contributed by atoms with E-state index < -0.39 is 0 Å². The van der Waals surface area contributed by atoms with Gasteiger partial charge in [-0.25, -0.2) is 0 Å². The number of hydrogen-bond donors (Lipinski definition) is 0. The molecular formula is C17H15ClO2. The lowest BCUT2D eigenvalue weighted by Gasteiger charge is -2.08. The Bertz CT molecular complexity index is 660. The molecule has 1 saturated carbocycles. The van der Waals surface area contributed by atoms with Crippen LogP contribution in [0.25, 0.3) is 0 Å². The number of aryl methyl sites for hydroxylation is 1. The van der Waals surface area contributed by atoms with Crippen LogP contribution in [-0.4, -0.2) is 11.9 Å². The minimum absolute atomic E-state index is 0.0729. The fourth-order valence-electron chi connectivity index (χ4n) is 2.05. The van der Waals surface area contributed by atoms with Gasteiger partial charge in [0.1, 0.15) is 5.75 Å². The largest absolute Gasteiger partial charge is 0.490 e. The summed E-state index contributed by atoms with van der Waals surface area (Å²) in [7, 11) is 0. The van der Waals surface area contributed by atoms with Crippen LogP contribution in [-0.2, 0) is 0 Å². The number of carbonyl (C=O) groups excluding carboxylic acids is 1. The maximum atomic E-state index is 12.5. The highest BCUT2D eigenvalue weighted by Gasteiger charge is 2.23. The van der Waals surface area contributed by atoms with E-state index in [1.54, 1.807) is 24.3 Å². The number of ether oxygens (including phenoxy) is 1. The predicted molar refractivity (Wildman–Crippen MR) is 79.7 cm³/mol. The Morgan fingerprint density at radius 2 is 2.00 bits per heavy atom. The first-order chi connectivity index (χ1) is 9.63. The zero-order valence-electron chi connectivity index (χ0n) is 11.2. The highest BCUT2D eigenvalue weighted by atomic mass is 35.5. The lowest BCUT2D eigenvalue weighted by molar-refractivity contribution is 0.103. The summed E-state index contributed by atoms with van der Waals surface area (Å²) < 4.78 is 5.72. The monoisotopic (exact) mass is 286 g/mol. The van der Waals surface area contributed by atoms with Gasteiger partial charge >= 0.3 is 0 Å². The first kappa shape index (κ1) is 13.2. The fourth-order valence-corrected chi connectivity index (χ4v) is 2.37. The smallest absolute Gasteiger partial charge is 0.194 e. The van der Waals surface area contributed by atoms with Crippen LogP contribution in [0.3, 0.4) is 0 Å². The summed E-state index contributed by atoms with van der Waals surface area (Å²) in [4.78, 5) is 12.5. The molecule has 1 fully saturated rings. The van der Waals surface area contributed by atoms with Crippen molar-refractivity contribution in [3.05, 3.63) is 64.2 Å². The van der Waals surface area contributed by atoms with Gasteiger partial charge in [-0.3, -0.25) is 4.79 Å². The normalized spacial score (nSPS) is 14.1. The van der Waals surface area contributed by atoms with Crippen LogP contribution in [0.1, 0.15) is 34.3 Å². The summed E-state index contributed by atoms with van der Waals surface area (Å²) in [5, 5.41) is 0.489. The second-order valence-corrected chi connectivity index (χ2v) is 5.56. The molecule has 0 bridgehead atoms. The van der Waals surface area contributed by atoms with Gasteiger partial charge in [0, 0.05) is 11.1 Å². The number of hydrogen-bond acceptors (Lipinski definition) is 2. The van der Waals surface area contributed by atoms with Gasteiger partial charge in [-0.1, -0.05) is 29.8 Å². The Morgan fingerprint density at radius 1 is 1.20 bits per heavy atom. The summed E-state index contributed by atoms with van der Waals surface area (Å²) in [5.41, 5.74) is 2.17. The Morgan fingerprint density at radius 3 is 2.70 bits per heavy atom. The van der Waals surface area contributed by atoms with Crippen molar-refractivity contribution >= 4 is 17.4 Å². The third-order valence-electron chi connectivity index (χ3n) is 3.29. The van der Waals surface area contributed by atoms with Crippen molar-refractivity contribution in [2.24, 2.45) is 0 Å². The van der Waals surface area contributed by atoms with E-state index in [4.69, 9.17) is 16.3 Å². The molecule has 2 nitrogen and oxygen atoms in total. The minimum Gasteiger partial charge on any atom is -0.490 e. The summed E-state index contributed by atoms with van der Waals surface area (Å²) in [5.74, 6) is 0.679. The van der Waals surface area contributed by atoms with Gasteiger partial charge < -0.3 is 4.74 Å². The maximum Gasteiger partial charge on any atom is 0.194 e. The van der Waals surface area contributed by atoms with E-state index in [2.05, 4.69) is 0 Å². The average Bonchev–Trinajstić information content (AvgIpc) is 3.22. The zero-order valence-corrected chi connectivity index (χ0v) is 12.0. The van der Waals surface area contributed by atoms with Crippen LogP contribution in [0.15, 0.2) is 42.5 Å². The molecule has 2 aromatic carbocycles. The first-order valence-corrected chi connectivity index (χ1v) is 7.09. The van der Waals surface area contributed by atoms with E-state index in [1.165, 1.54) is 0 Å². The predicted octanol–water partition coefficient (Wildman–Crippen LogP) is 4.42. The summed E-state index contributed by atoms with van der Waals surface area (Å²) >= 11 is 6.16. The molecule has 0 aliphatic heterocycles. The van der Waals surface area contributed by atoms with Gasteiger partial charge in [-0.05, 0) is 49.6 Å². The van der Waals surface area contributed by atoms with Crippen molar-refractivity contribution in [1.29, 1.82) is 0 Å². The average molecular weight is 287 g/mol. The molecular weight excluding hydrogens is 272 g/mol. The topological polar surface area (TPSA) is 26.3 Å². The van der Waals surface area contributed by atoms with E-state index >= 15 is 0 Å². The molecule has 3 rings (SSSR count). The highest BCUT2D eigenvalue weighted by molar-refractivity contribution is 6.35. The van der Waals surface area contributed by atoms with Crippen molar-refractivity contribution in [2.45, 2.75) is 25.9 Å². The van der Waals surface area contributed by atoms with Gasteiger partial charge in [-0.15, -0.1) is 0 Å².